The summed E-state index contributed by atoms with van der Waals surface area (Å²) in [5.41, 5.74) is 0. The Morgan fingerprint density at radius 3 is 2.71 bits per heavy atom. The Morgan fingerprint density at radius 2 is 2.00 bits per heavy atom. The fourth-order valence-electron chi connectivity index (χ4n) is 3.96. The van der Waals surface area contributed by atoms with Crippen LogP contribution in [0.5, 0.6) is 0 Å². The molecule has 6 heteroatoms. The van der Waals surface area contributed by atoms with E-state index in [-0.39, 0.29) is 12.0 Å². The molecule has 2 heterocycles. The molecule has 0 aromatic carbocycles. The summed E-state index contributed by atoms with van der Waals surface area (Å²) < 4.78 is 7.95. The lowest BCUT2D eigenvalue weighted by atomic mass is 9.75. The van der Waals surface area contributed by atoms with Crippen LogP contribution >= 0.6 is 0 Å². The van der Waals surface area contributed by atoms with Crippen LogP contribution in [0.3, 0.4) is 0 Å². The van der Waals surface area contributed by atoms with Crippen molar-refractivity contribution in [3.63, 3.8) is 0 Å². The van der Waals surface area contributed by atoms with Crippen LogP contribution in [-0.4, -0.2) is 44.8 Å². The van der Waals surface area contributed by atoms with Gasteiger partial charge in [-0.05, 0) is 44.4 Å². The average Bonchev–Trinajstić information content (AvgIpc) is 3.30. The quantitative estimate of drug-likeness (QED) is 0.828. The van der Waals surface area contributed by atoms with Crippen LogP contribution in [0.2, 0.25) is 0 Å². The fraction of sp³-hybridized carbons (Fsp3) is 0.833. The molecule has 1 aromatic rings. The predicted molar refractivity (Wildman–Crippen MR) is 89.2 cm³/mol. The monoisotopic (exact) mass is 332 g/mol. The van der Waals surface area contributed by atoms with Crippen molar-refractivity contribution in [2.45, 2.75) is 65.1 Å². The number of amides is 1. The van der Waals surface area contributed by atoms with Gasteiger partial charge in [-0.25, -0.2) is 0 Å². The summed E-state index contributed by atoms with van der Waals surface area (Å²) in [6.07, 6.45) is 5.48. The number of carbonyl (C=O) groups is 1. The molecule has 2 fully saturated rings. The van der Waals surface area contributed by atoms with Crippen LogP contribution in [0.15, 0.2) is 0 Å². The maximum atomic E-state index is 12.8. The van der Waals surface area contributed by atoms with Crippen LogP contribution in [0.4, 0.5) is 0 Å². The van der Waals surface area contributed by atoms with Crippen LogP contribution < -0.4 is 0 Å². The molecular formula is C18H28N4O2. The summed E-state index contributed by atoms with van der Waals surface area (Å²) >= 11 is 0. The summed E-state index contributed by atoms with van der Waals surface area (Å²) in [5, 5.41) is 8.68. The molecule has 1 amide bonds. The predicted octanol–water partition coefficient (Wildman–Crippen LogP) is 2.02. The molecule has 24 heavy (non-hydrogen) atoms. The third-order valence-corrected chi connectivity index (χ3v) is 5.77. The molecule has 0 bridgehead atoms. The molecule has 132 valence electrons. The standard InChI is InChI=1S/C18H28N4O2/c1-12-7-15(8-12)18(23)21-5-6-22-16(9-13(21)2)19-20-17(22)11-24-10-14-3-4-14/h12-15H,3-11H2,1-2H3/t12?,13-,15?/m1/s1. The summed E-state index contributed by atoms with van der Waals surface area (Å²) in [5.74, 6) is 3.94. The second kappa shape index (κ2) is 6.47. The topological polar surface area (TPSA) is 60.2 Å². The molecule has 1 aliphatic heterocycles. The first-order valence-corrected chi connectivity index (χ1v) is 9.41. The highest BCUT2D eigenvalue weighted by atomic mass is 16.5. The van der Waals surface area contributed by atoms with Gasteiger partial charge in [0, 0.05) is 38.1 Å². The lowest BCUT2D eigenvalue weighted by Gasteiger charge is -2.37. The molecular weight excluding hydrogens is 304 g/mol. The van der Waals surface area contributed by atoms with E-state index in [0.29, 0.717) is 18.4 Å². The SMILES string of the molecule is CC1CC(C(=O)N2CCn3c(COCC4CC4)nnc3C[C@H]2C)C1. The van der Waals surface area contributed by atoms with Crippen molar-refractivity contribution in [3.05, 3.63) is 11.6 Å². The van der Waals surface area contributed by atoms with Crippen LogP contribution in [-0.2, 0) is 29.1 Å². The molecule has 0 unspecified atom stereocenters. The molecule has 3 aliphatic rings. The molecule has 6 nitrogen and oxygen atoms in total. The highest BCUT2D eigenvalue weighted by molar-refractivity contribution is 5.80. The Hall–Kier alpha value is -1.43. The van der Waals surface area contributed by atoms with Crippen LogP contribution in [0.25, 0.3) is 0 Å². The fourth-order valence-corrected chi connectivity index (χ4v) is 3.96. The second-order valence-corrected chi connectivity index (χ2v) is 8.00. The summed E-state index contributed by atoms with van der Waals surface area (Å²) in [4.78, 5) is 14.8. The first-order chi connectivity index (χ1) is 11.6. The number of nitrogens with zero attached hydrogens (tertiary/aromatic N) is 4. The Kier molecular flexibility index (Phi) is 4.33. The summed E-state index contributed by atoms with van der Waals surface area (Å²) in [7, 11) is 0. The van der Waals surface area contributed by atoms with Gasteiger partial charge in [0.25, 0.3) is 0 Å². The lowest BCUT2D eigenvalue weighted by Crippen LogP contribution is -2.46. The van der Waals surface area contributed by atoms with E-state index >= 15 is 0 Å². The third kappa shape index (κ3) is 3.21. The van der Waals surface area contributed by atoms with E-state index in [2.05, 4.69) is 33.5 Å². The van der Waals surface area contributed by atoms with E-state index in [4.69, 9.17) is 4.74 Å². The number of ether oxygens (including phenoxy) is 1. The van der Waals surface area contributed by atoms with Gasteiger partial charge in [-0.1, -0.05) is 6.92 Å². The maximum absolute atomic E-state index is 12.8. The Bertz CT molecular complexity index is 604. The molecule has 1 atom stereocenters. The molecule has 0 N–H and O–H groups in total. The van der Waals surface area contributed by atoms with E-state index in [1.165, 1.54) is 12.8 Å². The van der Waals surface area contributed by atoms with Gasteiger partial charge in [0.05, 0.1) is 0 Å². The number of carbonyl (C=O) groups excluding carboxylic acids is 1. The van der Waals surface area contributed by atoms with E-state index in [9.17, 15) is 4.79 Å². The number of fused-ring (bicyclic) bond motifs is 1. The van der Waals surface area contributed by atoms with Crippen molar-refractivity contribution in [1.82, 2.24) is 19.7 Å². The zero-order valence-corrected chi connectivity index (χ0v) is 14.8. The van der Waals surface area contributed by atoms with Gasteiger partial charge in [-0.2, -0.15) is 0 Å². The van der Waals surface area contributed by atoms with Crippen molar-refractivity contribution in [2.75, 3.05) is 13.2 Å². The van der Waals surface area contributed by atoms with E-state index in [1.54, 1.807) is 0 Å². The van der Waals surface area contributed by atoms with Crippen LogP contribution in [0.1, 0.15) is 51.2 Å². The minimum atomic E-state index is 0.194. The van der Waals surface area contributed by atoms with Gasteiger partial charge in [0.2, 0.25) is 5.91 Å². The number of aromatic nitrogens is 3. The molecule has 0 spiro atoms. The van der Waals surface area contributed by atoms with Gasteiger partial charge in [0.15, 0.2) is 5.82 Å². The van der Waals surface area contributed by atoms with Crippen molar-refractivity contribution in [2.24, 2.45) is 17.8 Å². The zero-order valence-electron chi connectivity index (χ0n) is 14.8. The Balaban J connectivity index is 1.39. The maximum Gasteiger partial charge on any atom is 0.226 e. The van der Waals surface area contributed by atoms with E-state index < -0.39 is 0 Å². The summed E-state index contributed by atoms with van der Waals surface area (Å²) in [6.45, 7) is 7.27. The van der Waals surface area contributed by atoms with Crippen LogP contribution in [0, 0.1) is 17.8 Å². The Labute approximate surface area is 143 Å². The zero-order chi connectivity index (χ0) is 16.7. The number of hydrogen-bond donors (Lipinski definition) is 0. The van der Waals surface area contributed by atoms with Crippen molar-refractivity contribution in [1.29, 1.82) is 0 Å². The molecule has 0 saturated heterocycles. The highest BCUT2D eigenvalue weighted by Gasteiger charge is 2.37. The van der Waals surface area contributed by atoms with Crippen molar-refractivity contribution in [3.8, 4) is 0 Å². The smallest absolute Gasteiger partial charge is 0.226 e. The molecule has 1 aromatic heterocycles. The first-order valence-electron chi connectivity index (χ1n) is 9.41. The molecule has 2 saturated carbocycles. The van der Waals surface area contributed by atoms with Crippen molar-refractivity contribution < 1.29 is 9.53 Å². The summed E-state index contributed by atoms with van der Waals surface area (Å²) in [6, 6.07) is 0.194. The average molecular weight is 332 g/mol. The number of hydrogen-bond acceptors (Lipinski definition) is 4. The van der Waals surface area contributed by atoms with E-state index in [1.807, 2.05) is 0 Å². The van der Waals surface area contributed by atoms with Gasteiger partial charge in [0.1, 0.15) is 12.4 Å². The molecule has 2 aliphatic carbocycles. The van der Waals surface area contributed by atoms with Gasteiger partial charge in [-0.3, -0.25) is 4.79 Å². The normalized spacial score (nSPS) is 29.8. The van der Waals surface area contributed by atoms with Crippen molar-refractivity contribution >= 4 is 5.91 Å². The van der Waals surface area contributed by atoms with Gasteiger partial charge >= 0.3 is 0 Å². The lowest BCUT2D eigenvalue weighted by molar-refractivity contribution is -0.141. The minimum Gasteiger partial charge on any atom is -0.373 e. The molecule has 0 radical (unpaired) electrons. The third-order valence-electron chi connectivity index (χ3n) is 5.77. The Morgan fingerprint density at radius 1 is 1.21 bits per heavy atom. The second-order valence-electron chi connectivity index (χ2n) is 8.00. The van der Waals surface area contributed by atoms with Gasteiger partial charge in [-0.15, -0.1) is 10.2 Å². The van der Waals surface area contributed by atoms with E-state index in [0.717, 1.165) is 56.5 Å². The number of rotatable bonds is 5. The largest absolute Gasteiger partial charge is 0.373 e. The minimum absolute atomic E-state index is 0.194. The molecule has 4 rings (SSSR count). The highest BCUT2D eigenvalue weighted by Crippen LogP contribution is 2.35. The van der Waals surface area contributed by atoms with Gasteiger partial charge < -0.3 is 14.2 Å². The first kappa shape index (κ1) is 16.1.